The maximum atomic E-state index is 12.7. The number of aromatic amines is 1. The van der Waals surface area contributed by atoms with Gasteiger partial charge in [-0.15, -0.1) is 0 Å². The molecule has 0 radical (unpaired) electrons. The highest BCUT2D eigenvalue weighted by Gasteiger charge is 2.37. The Morgan fingerprint density at radius 3 is 2.90 bits per heavy atom. The third kappa shape index (κ3) is 4.38. The number of amides is 1. The lowest BCUT2D eigenvalue weighted by Crippen LogP contribution is -2.62. The molecule has 1 aliphatic carbocycles. The van der Waals surface area contributed by atoms with Crippen LogP contribution in [0.25, 0.3) is 11.3 Å². The smallest absolute Gasteiger partial charge is 0.271 e. The summed E-state index contributed by atoms with van der Waals surface area (Å²) in [6.07, 6.45) is 8.90. The van der Waals surface area contributed by atoms with Gasteiger partial charge in [0.15, 0.2) is 0 Å². The Labute approximate surface area is 175 Å². The Kier molecular flexibility index (Phi) is 5.85. The third-order valence-corrected chi connectivity index (χ3v) is 5.62. The molecule has 2 aliphatic rings. The molecule has 0 atom stereocenters. The van der Waals surface area contributed by atoms with Crippen LogP contribution < -0.4 is 20.9 Å². The number of hydrogen-bond acceptors (Lipinski definition) is 6. The number of aromatic nitrogens is 2. The molecule has 1 saturated heterocycles. The van der Waals surface area contributed by atoms with E-state index in [1.165, 1.54) is 18.9 Å². The van der Waals surface area contributed by atoms with Crippen molar-refractivity contribution >= 4 is 11.6 Å². The van der Waals surface area contributed by atoms with Gasteiger partial charge in [0.1, 0.15) is 11.4 Å². The van der Waals surface area contributed by atoms with Crippen molar-refractivity contribution in [2.24, 2.45) is 11.7 Å². The molecule has 1 amide bonds. The second kappa shape index (κ2) is 8.71. The number of H-pyrrole nitrogens is 1. The van der Waals surface area contributed by atoms with E-state index in [-0.39, 0.29) is 17.5 Å². The molecule has 158 valence electrons. The Hall–Kier alpha value is -3.13. The van der Waals surface area contributed by atoms with E-state index in [0.717, 1.165) is 17.8 Å². The number of nitrogens with one attached hydrogen (secondary N) is 1. The van der Waals surface area contributed by atoms with Crippen LogP contribution in [0.1, 0.15) is 12.8 Å². The number of pyridine rings is 2. The van der Waals surface area contributed by atoms with E-state index >= 15 is 0 Å². The first-order valence-electron chi connectivity index (χ1n) is 10.2. The lowest BCUT2D eigenvalue weighted by atomic mass is 10.0. The van der Waals surface area contributed by atoms with Crippen LogP contribution in [-0.4, -0.2) is 60.1 Å². The molecule has 3 N–H and O–H groups in total. The topological polar surface area (TPSA) is 105 Å². The summed E-state index contributed by atoms with van der Waals surface area (Å²) >= 11 is 0. The van der Waals surface area contributed by atoms with Gasteiger partial charge in [-0.3, -0.25) is 14.6 Å². The summed E-state index contributed by atoms with van der Waals surface area (Å²) in [6, 6.07) is 5.64. The molecule has 8 heteroatoms. The summed E-state index contributed by atoms with van der Waals surface area (Å²) in [5, 5.41) is 0. The largest absolute Gasteiger partial charge is 0.497 e. The quantitative estimate of drug-likeness (QED) is 0.639. The van der Waals surface area contributed by atoms with Gasteiger partial charge in [0.05, 0.1) is 18.8 Å². The summed E-state index contributed by atoms with van der Waals surface area (Å²) in [7, 11) is 1.61. The average Bonchev–Trinajstić information content (AvgIpc) is 3.55. The van der Waals surface area contributed by atoms with Crippen molar-refractivity contribution in [1.82, 2.24) is 14.9 Å². The van der Waals surface area contributed by atoms with Gasteiger partial charge in [-0.2, -0.15) is 0 Å². The number of nitrogens with zero attached hydrogens (tertiary/aromatic N) is 3. The van der Waals surface area contributed by atoms with E-state index < -0.39 is 0 Å². The molecule has 1 aliphatic heterocycles. The lowest BCUT2D eigenvalue weighted by molar-refractivity contribution is -0.130. The standard InChI is InChI=1S/C22H27N5O3/c1-30-18-6-8-24-19(10-18)16-9-20(22(29)25-11-16)27(12-15-4-5-15)17-13-26(14-17)21(28)3-2-7-23/h2-3,6,8-11,15,17H,4-5,7,12-14,23H2,1H3,(H,25,29). The maximum Gasteiger partial charge on any atom is 0.271 e. The molecule has 0 unspecified atom stereocenters. The fourth-order valence-corrected chi connectivity index (χ4v) is 3.66. The highest BCUT2D eigenvalue weighted by atomic mass is 16.5. The molecule has 4 rings (SSSR count). The van der Waals surface area contributed by atoms with Gasteiger partial charge in [0, 0.05) is 56.3 Å². The molecular weight excluding hydrogens is 382 g/mol. The van der Waals surface area contributed by atoms with Crippen LogP contribution >= 0.6 is 0 Å². The van der Waals surface area contributed by atoms with Crippen LogP contribution in [0.3, 0.4) is 0 Å². The second-order valence-corrected chi connectivity index (χ2v) is 7.81. The van der Waals surface area contributed by atoms with Crippen LogP contribution in [0, 0.1) is 5.92 Å². The molecule has 0 bridgehead atoms. The number of likely N-dealkylation sites (tertiary alicyclic amines) is 1. The first-order chi connectivity index (χ1) is 14.6. The minimum absolute atomic E-state index is 0.0358. The van der Waals surface area contributed by atoms with Crippen LogP contribution in [0.5, 0.6) is 5.75 Å². The summed E-state index contributed by atoms with van der Waals surface area (Å²) in [5.74, 6) is 1.28. The van der Waals surface area contributed by atoms with Crippen LogP contribution in [0.2, 0.25) is 0 Å². The minimum atomic E-state index is -0.130. The van der Waals surface area contributed by atoms with Crippen molar-refractivity contribution < 1.29 is 9.53 Å². The zero-order valence-corrected chi connectivity index (χ0v) is 17.1. The number of rotatable bonds is 8. The second-order valence-electron chi connectivity index (χ2n) is 7.81. The van der Waals surface area contributed by atoms with E-state index in [1.54, 1.807) is 36.5 Å². The zero-order chi connectivity index (χ0) is 21.1. The van der Waals surface area contributed by atoms with Gasteiger partial charge >= 0.3 is 0 Å². The predicted molar refractivity (Wildman–Crippen MR) is 115 cm³/mol. The van der Waals surface area contributed by atoms with Crippen molar-refractivity contribution in [3.05, 3.63) is 53.1 Å². The average molecular weight is 409 g/mol. The molecule has 0 aromatic carbocycles. The molecule has 0 spiro atoms. The van der Waals surface area contributed by atoms with Gasteiger partial charge in [0.25, 0.3) is 5.56 Å². The van der Waals surface area contributed by atoms with Crippen LogP contribution in [0.15, 0.2) is 47.5 Å². The number of methoxy groups -OCH3 is 1. The number of ether oxygens (including phenoxy) is 1. The van der Waals surface area contributed by atoms with Gasteiger partial charge in [-0.05, 0) is 30.9 Å². The summed E-state index contributed by atoms with van der Waals surface area (Å²) < 4.78 is 5.29. The van der Waals surface area contributed by atoms with Crippen molar-refractivity contribution in [3.8, 4) is 17.0 Å². The molecule has 8 nitrogen and oxygen atoms in total. The SMILES string of the molecule is COc1ccnc(-c2c[nH]c(=O)c(N(CC3CC3)C3CN(C(=O)C=CCN)C3)c2)c1. The number of carbonyl (C=O) groups excluding carboxylic acids is 1. The molecule has 1 saturated carbocycles. The lowest BCUT2D eigenvalue weighted by Gasteiger charge is -2.46. The Morgan fingerprint density at radius 1 is 1.40 bits per heavy atom. The van der Waals surface area contributed by atoms with E-state index in [4.69, 9.17) is 10.5 Å². The summed E-state index contributed by atoms with van der Waals surface area (Å²) in [6.45, 7) is 2.36. The Balaban J connectivity index is 1.58. The number of nitrogens with two attached hydrogens (primary N) is 1. The number of anilines is 1. The Morgan fingerprint density at radius 2 is 2.20 bits per heavy atom. The highest BCUT2D eigenvalue weighted by molar-refractivity contribution is 5.88. The summed E-state index contributed by atoms with van der Waals surface area (Å²) in [5.41, 5.74) is 7.48. The van der Waals surface area contributed by atoms with Crippen molar-refractivity contribution in [3.63, 3.8) is 0 Å². The summed E-state index contributed by atoms with van der Waals surface area (Å²) in [4.78, 5) is 36.1. The van der Waals surface area contributed by atoms with Crippen LogP contribution in [0.4, 0.5) is 5.69 Å². The van der Waals surface area contributed by atoms with Gasteiger partial charge in [-0.25, -0.2) is 0 Å². The third-order valence-electron chi connectivity index (χ3n) is 5.62. The Bertz CT molecular complexity index is 992. The van der Waals surface area contributed by atoms with Crippen LogP contribution in [-0.2, 0) is 4.79 Å². The van der Waals surface area contributed by atoms with Gasteiger partial charge in [0.2, 0.25) is 5.91 Å². The minimum Gasteiger partial charge on any atom is -0.497 e. The molecule has 30 heavy (non-hydrogen) atoms. The van der Waals surface area contributed by atoms with Gasteiger partial charge < -0.3 is 25.3 Å². The molecule has 3 heterocycles. The normalized spacial score (nSPS) is 16.5. The monoisotopic (exact) mass is 409 g/mol. The molecule has 2 aromatic heterocycles. The van der Waals surface area contributed by atoms with Crippen molar-refractivity contribution in [2.45, 2.75) is 18.9 Å². The highest BCUT2D eigenvalue weighted by Crippen LogP contribution is 2.34. The molecule has 2 aromatic rings. The molecular formula is C22H27N5O3. The number of hydrogen-bond donors (Lipinski definition) is 2. The van der Waals surface area contributed by atoms with E-state index in [0.29, 0.717) is 37.0 Å². The number of carbonyl (C=O) groups is 1. The predicted octanol–water partition coefficient (Wildman–Crippen LogP) is 1.39. The zero-order valence-electron chi connectivity index (χ0n) is 17.1. The van der Waals surface area contributed by atoms with Crippen molar-refractivity contribution in [2.75, 3.05) is 38.2 Å². The van der Waals surface area contributed by atoms with E-state index in [9.17, 15) is 9.59 Å². The van der Waals surface area contributed by atoms with E-state index in [1.807, 2.05) is 12.1 Å². The van der Waals surface area contributed by atoms with Gasteiger partial charge in [-0.1, -0.05) is 6.08 Å². The fraction of sp³-hybridized carbons (Fsp3) is 0.409. The fourth-order valence-electron chi connectivity index (χ4n) is 3.66. The van der Waals surface area contributed by atoms with Crippen molar-refractivity contribution in [1.29, 1.82) is 0 Å². The first kappa shape index (κ1) is 20.2. The van der Waals surface area contributed by atoms with E-state index in [2.05, 4.69) is 14.9 Å². The first-order valence-corrected chi connectivity index (χ1v) is 10.2. The maximum absolute atomic E-state index is 12.7. The molecule has 2 fully saturated rings.